The van der Waals surface area contributed by atoms with Gasteiger partial charge in [0.1, 0.15) is 11.3 Å². The summed E-state index contributed by atoms with van der Waals surface area (Å²) in [6, 6.07) is 6.25. The highest BCUT2D eigenvalue weighted by Gasteiger charge is 2.36. The van der Waals surface area contributed by atoms with Crippen molar-refractivity contribution in [2.45, 2.75) is 32.4 Å². The maximum atomic E-state index is 13.3. The lowest BCUT2D eigenvalue weighted by Crippen LogP contribution is -2.48. The first-order valence-electron chi connectivity index (χ1n) is 11.2. The zero-order valence-electron chi connectivity index (χ0n) is 17.9. The van der Waals surface area contributed by atoms with Gasteiger partial charge in [-0.15, -0.1) is 0 Å². The fraction of sp³-hybridized carbons (Fsp3) is 0.522. The third-order valence-corrected chi connectivity index (χ3v) is 6.98. The summed E-state index contributed by atoms with van der Waals surface area (Å²) in [5.74, 6) is 2.57. The van der Waals surface area contributed by atoms with Crippen molar-refractivity contribution in [2.24, 2.45) is 5.92 Å². The molecule has 0 amide bonds. The van der Waals surface area contributed by atoms with Crippen LogP contribution >= 0.6 is 0 Å². The first kappa shape index (κ1) is 19.0. The molecular weight excluding hydrogens is 392 g/mol. The van der Waals surface area contributed by atoms with Crippen LogP contribution in [0.1, 0.15) is 29.4 Å². The van der Waals surface area contributed by atoms with E-state index in [2.05, 4.69) is 36.5 Å². The molecule has 2 fully saturated rings. The summed E-state index contributed by atoms with van der Waals surface area (Å²) in [4.78, 5) is 30.7. The quantitative estimate of drug-likeness (QED) is 0.697. The number of nitrogens with zero attached hydrogens (tertiary/aromatic N) is 5. The van der Waals surface area contributed by atoms with E-state index in [9.17, 15) is 4.79 Å². The van der Waals surface area contributed by atoms with Crippen molar-refractivity contribution in [3.8, 4) is 0 Å². The normalized spacial score (nSPS) is 23.8. The number of pyridine rings is 1. The summed E-state index contributed by atoms with van der Waals surface area (Å²) < 4.78 is 7.50. The molecule has 0 unspecified atom stereocenters. The van der Waals surface area contributed by atoms with Gasteiger partial charge in [-0.1, -0.05) is 6.07 Å². The number of anilines is 1. The van der Waals surface area contributed by atoms with E-state index in [1.807, 2.05) is 19.2 Å². The number of ether oxygens (including phenoxy) is 1. The van der Waals surface area contributed by atoms with Crippen LogP contribution in [0, 0.1) is 12.8 Å². The van der Waals surface area contributed by atoms with Crippen LogP contribution < -0.4 is 10.5 Å². The van der Waals surface area contributed by atoms with Crippen LogP contribution in [0.5, 0.6) is 0 Å². The number of fused-ring (bicyclic) bond motifs is 5. The van der Waals surface area contributed by atoms with Gasteiger partial charge >= 0.3 is 0 Å². The zero-order valence-corrected chi connectivity index (χ0v) is 17.9. The fourth-order valence-corrected chi connectivity index (χ4v) is 5.56. The number of aromatic nitrogens is 4. The predicted molar refractivity (Wildman–Crippen MR) is 118 cm³/mol. The summed E-state index contributed by atoms with van der Waals surface area (Å²) in [6.07, 6.45) is 3.06. The Morgan fingerprint density at radius 3 is 2.87 bits per heavy atom. The van der Waals surface area contributed by atoms with Crippen molar-refractivity contribution in [3.63, 3.8) is 0 Å². The molecule has 8 heteroatoms. The fourth-order valence-electron chi connectivity index (χ4n) is 5.56. The van der Waals surface area contributed by atoms with Crippen molar-refractivity contribution in [1.29, 1.82) is 0 Å². The molecular formula is C23H28N6O2. The van der Waals surface area contributed by atoms with Crippen LogP contribution in [-0.2, 0) is 17.8 Å². The molecule has 3 aliphatic rings. The van der Waals surface area contributed by atoms with Gasteiger partial charge in [-0.2, -0.15) is 0 Å². The average Bonchev–Trinajstić information content (AvgIpc) is 3.24. The Balaban J connectivity index is 1.30. The van der Waals surface area contributed by atoms with Gasteiger partial charge in [0.05, 0.1) is 18.7 Å². The number of hydrogen-bond acceptors (Lipinski definition) is 6. The van der Waals surface area contributed by atoms with Gasteiger partial charge in [0.25, 0.3) is 5.56 Å². The predicted octanol–water partition coefficient (Wildman–Crippen LogP) is 1.88. The number of piperidine rings is 1. The zero-order chi connectivity index (χ0) is 20.9. The van der Waals surface area contributed by atoms with E-state index < -0.39 is 0 Å². The van der Waals surface area contributed by atoms with E-state index in [-0.39, 0.29) is 5.56 Å². The maximum absolute atomic E-state index is 13.3. The Morgan fingerprint density at radius 2 is 2.00 bits per heavy atom. The Kier molecular flexibility index (Phi) is 4.57. The summed E-state index contributed by atoms with van der Waals surface area (Å²) in [7, 11) is 0. The molecule has 1 N–H and O–H groups in total. The van der Waals surface area contributed by atoms with Crippen LogP contribution in [0.25, 0.3) is 11.0 Å². The highest BCUT2D eigenvalue weighted by molar-refractivity contribution is 5.86. The highest BCUT2D eigenvalue weighted by atomic mass is 16.5. The van der Waals surface area contributed by atoms with Crippen LogP contribution in [0.15, 0.2) is 29.2 Å². The van der Waals surface area contributed by atoms with E-state index in [1.165, 1.54) is 5.69 Å². The molecule has 3 aromatic heterocycles. The number of morpholine rings is 1. The molecule has 8 nitrogen and oxygen atoms in total. The lowest BCUT2D eigenvalue weighted by Gasteiger charge is -2.43. The van der Waals surface area contributed by atoms with Gasteiger partial charge in [-0.3, -0.25) is 9.69 Å². The smallest absolute Gasteiger partial charge is 0.255 e. The molecule has 0 aliphatic carbocycles. The highest BCUT2D eigenvalue weighted by Crippen LogP contribution is 2.38. The first-order chi connectivity index (χ1) is 15.2. The Labute approximate surface area is 180 Å². The molecule has 0 aromatic carbocycles. The van der Waals surface area contributed by atoms with Crippen LogP contribution in [-0.4, -0.2) is 63.8 Å². The molecule has 0 spiro atoms. The second kappa shape index (κ2) is 7.46. The van der Waals surface area contributed by atoms with Crippen molar-refractivity contribution in [3.05, 3.63) is 51.8 Å². The van der Waals surface area contributed by atoms with E-state index in [4.69, 9.17) is 9.72 Å². The minimum absolute atomic E-state index is 0.191. The standard InChI is InChI=1S/C23H28N6O2/c1-15-25-19-4-5-24-21(19)22(26-15)28-11-16-10-18(14-28)20-3-2-17(23(30)29(20)12-16)13-27-6-8-31-9-7-27/h2-5,16,18,24H,6-14H2,1H3/t16-,18+/m0/s1. The van der Waals surface area contributed by atoms with Crippen LogP contribution in [0.2, 0.25) is 0 Å². The molecule has 6 heterocycles. The molecule has 0 radical (unpaired) electrons. The largest absolute Gasteiger partial charge is 0.379 e. The third-order valence-electron chi connectivity index (χ3n) is 6.98. The number of H-pyrrole nitrogens is 1. The second-order valence-electron chi connectivity index (χ2n) is 9.12. The van der Waals surface area contributed by atoms with Gasteiger partial charge in [0.15, 0.2) is 5.82 Å². The monoisotopic (exact) mass is 420 g/mol. The summed E-state index contributed by atoms with van der Waals surface area (Å²) in [6.45, 7) is 8.55. The third kappa shape index (κ3) is 3.34. The molecule has 6 rings (SSSR count). The molecule has 3 aliphatic heterocycles. The van der Waals surface area contributed by atoms with Gasteiger partial charge < -0.3 is 19.2 Å². The number of aryl methyl sites for hydroxylation is 1. The molecule has 162 valence electrons. The van der Waals surface area contributed by atoms with Gasteiger partial charge in [-0.05, 0) is 31.4 Å². The lowest BCUT2D eigenvalue weighted by atomic mass is 9.83. The number of hydrogen-bond donors (Lipinski definition) is 1. The van der Waals surface area contributed by atoms with Gasteiger partial charge in [-0.25, -0.2) is 9.97 Å². The van der Waals surface area contributed by atoms with Crippen LogP contribution in [0.3, 0.4) is 0 Å². The van der Waals surface area contributed by atoms with E-state index >= 15 is 0 Å². The Hall–Kier alpha value is -2.71. The molecule has 3 aromatic rings. The summed E-state index contributed by atoms with van der Waals surface area (Å²) >= 11 is 0. The summed E-state index contributed by atoms with van der Waals surface area (Å²) in [5.41, 5.74) is 4.23. The number of rotatable bonds is 3. The average molecular weight is 421 g/mol. The molecule has 31 heavy (non-hydrogen) atoms. The van der Waals surface area contributed by atoms with E-state index in [0.29, 0.717) is 11.8 Å². The van der Waals surface area contributed by atoms with Crippen molar-refractivity contribution in [1.82, 2.24) is 24.4 Å². The summed E-state index contributed by atoms with van der Waals surface area (Å²) in [5, 5.41) is 0. The minimum Gasteiger partial charge on any atom is -0.379 e. The van der Waals surface area contributed by atoms with Crippen molar-refractivity contribution >= 4 is 16.9 Å². The first-order valence-corrected chi connectivity index (χ1v) is 11.2. The molecule has 0 saturated carbocycles. The number of aromatic amines is 1. The topological polar surface area (TPSA) is 79.3 Å². The Morgan fingerprint density at radius 1 is 1.13 bits per heavy atom. The molecule has 2 saturated heterocycles. The SMILES string of the molecule is Cc1nc(N2C[C@@H]3C[C@H](C2)c2ccc(CN4CCOCC4)c(=O)n2C3)c2[nH]ccc2n1. The van der Waals surface area contributed by atoms with Crippen LogP contribution in [0.4, 0.5) is 5.82 Å². The Bertz CT molecular complexity index is 1180. The number of nitrogens with one attached hydrogen (secondary N) is 1. The lowest BCUT2D eigenvalue weighted by molar-refractivity contribution is 0.0339. The minimum atomic E-state index is 0.191. The van der Waals surface area contributed by atoms with Crippen molar-refractivity contribution in [2.75, 3.05) is 44.3 Å². The molecule has 2 atom stereocenters. The van der Waals surface area contributed by atoms with Gasteiger partial charge in [0.2, 0.25) is 0 Å². The van der Waals surface area contributed by atoms with E-state index in [1.54, 1.807) is 0 Å². The van der Waals surface area contributed by atoms with E-state index in [0.717, 1.165) is 87.1 Å². The second-order valence-corrected chi connectivity index (χ2v) is 9.12. The van der Waals surface area contributed by atoms with Gasteiger partial charge in [0, 0.05) is 62.6 Å². The van der Waals surface area contributed by atoms with Crippen molar-refractivity contribution < 1.29 is 4.74 Å². The molecule has 2 bridgehead atoms. The maximum Gasteiger partial charge on any atom is 0.255 e.